The molecule has 1 aromatic heterocycles. The molecule has 2 aliphatic rings. The number of anilines is 2. The van der Waals surface area contributed by atoms with E-state index >= 15 is 8.78 Å². The third-order valence-electron chi connectivity index (χ3n) is 10.9. The molecule has 0 radical (unpaired) electrons. The van der Waals surface area contributed by atoms with Crippen molar-refractivity contribution in [2.75, 3.05) is 50.6 Å². The highest BCUT2D eigenvalue weighted by Gasteiger charge is 2.50. The fraction of sp³-hybridized carbons (Fsp3) is 0.436. The van der Waals surface area contributed by atoms with Gasteiger partial charge < -0.3 is 19.3 Å². The highest BCUT2D eigenvalue weighted by Crippen LogP contribution is 2.51. The molecule has 14 heteroatoms. The molecule has 1 saturated heterocycles. The van der Waals surface area contributed by atoms with Gasteiger partial charge in [-0.25, -0.2) is 40.3 Å². The highest BCUT2D eigenvalue weighted by atomic mass is 32.2. The van der Waals surface area contributed by atoms with Crippen LogP contribution in [0.25, 0.3) is 0 Å². The van der Waals surface area contributed by atoms with E-state index in [2.05, 4.69) is 20.9 Å². The van der Waals surface area contributed by atoms with Crippen LogP contribution in [0.3, 0.4) is 0 Å². The zero-order valence-electron chi connectivity index (χ0n) is 30.3. The van der Waals surface area contributed by atoms with Gasteiger partial charge in [-0.3, -0.25) is 0 Å². The van der Waals surface area contributed by atoms with Crippen molar-refractivity contribution in [3.8, 4) is 11.5 Å². The molecule has 1 saturated carbocycles. The number of hydrogen-bond donors (Lipinski definition) is 0. The Hall–Kier alpha value is -4.43. The second-order valence-electron chi connectivity index (χ2n) is 14.1. The van der Waals surface area contributed by atoms with E-state index in [1.165, 1.54) is 26.5 Å². The number of ether oxygens (including phenoxy) is 2. The normalized spacial score (nSPS) is 20.4. The van der Waals surface area contributed by atoms with Gasteiger partial charge in [0.15, 0.2) is 4.90 Å². The molecular formula is C39H45F4N5O4S. The number of benzene rings is 3. The second-order valence-corrected chi connectivity index (χ2v) is 15.9. The molecule has 3 aromatic carbocycles. The molecule has 0 amide bonds. The average molecular weight is 756 g/mol. The van der Waals surface area contributed by atoms with Crippen LogP contribution in [0.5, 0.6) is 11.5 Å². The molecule has 284 valence electrons. The number of sulfonamides is 1. The quantitative estimate of drug-likeness (QED) is 0.123. The lowest BCUT2D eigenvalue weighted by Gasteiger charge is -2.57. The maximum absolute atomic E-state index is 16.2. The van der Waals surface area contributed by atoms with Gasteiger partial charge in [-0.15, -0.1) is 0 Å². The standard InChI is InChI=1S/C39H45F4N5O4S/c1-46(2)39(30-18-29(19-30)27-8-5-7-26(17-27)9-12-36(42)43)14-6-16-47(24-39)31-20-33(40)38(34(41)21-31)53(49,50)48(37-13-15-44-25-45-37)23-28-10-11-32(51-3)22-35(28)52-4/h5,7-8,10-11,13,15,17,20-22,25,29-30,36H,6,9,12,14,16,18-19,23-24H2,1-4H3/t29?,30?,39-/m0/s1. The molecule has 2 heterocycles. The number of nitrogens with zero attached hydrogens (tertiary/aromatic N) is 5. The van der Waals surface area contributed by atoms with Crippen molar-refractivity contribution in [2.45, 2.75) is 67.8 Å². The summed E-state index contributed by atoms with van der Waals surface area (Å²) in [5.41, 5.74) is 2.45. The minimum atomic E-state index is -4.85. The van der Waals surface area contributed by atoms with Crippen LogP contribution in [0.15, 0.2) is 78.1 Å². The third-order valence-corrected chi connectivity index (χ3v) is 12.7. The van der Waals surface area contributed by atoms with Crippen LogP contribution in [-0.2, 0) is 23.0 Å². The molecule has 0 N–H and O–H groups in total. The molecule has 53 heavy (non-hydrogen) atoms. The van der Waals surface area contributed by atoms with E-state index in [-0.39, 0.29) is 30.0 Å². The zero-order valence-corrected chi connectivity index (χ0v) is 31.1. The third kappa shape index (κ3) is 7.94. The number of piperidine rings is 1. The number of halogens is 4. The summed E-state index contributed by atoms with van der Waals surface area (Å²) in [6.45, 7) is 0.710. The summed E-state index contributed by atoms with van der Waals surface area (Å²) in [4.78, 5) is 11.0. The monoisotopic (exact) mass is 755 g/mol. The Kier molecular flexibility index (Phi) is 11.5. The van der Waals surface area contributed by atoms with Crippen LogP contribution < -0.4 is 18.7 Å². The summed E-state index contributed by atoms with van der Waals surface area (Å²) in [6, 6.07) is 16.3. The fourth-order valence-electron chi connectivity index (χ4n) is 7.90. The van der Waals surface area contributed by atoms with E-state index in [4.69, 9.17) is 9.47 Å². The van der Waals surface area contributed by atoms with Crippen molar-refractivity contribution in [2.24, 2.45) is 5.92 Å². The second kappa shape index (κ2) is 15.9. The Morgan fingerprint density at radius 3 is 2.40 bits per heavy atom. The van der Waals surface area contributed by atoms with Crippen molar-refractivity contribution >= 4 is 21.5 Å². The van der Waals surface area contributed by atoms with Crippen LogP contribution in [-0.4, -0.2) is 76.7 Å². The molecule has 4 aromatic rings. The Morgan fingerprint density at radius 1 is 1.00 bits per heavy atom. The number of rotatable bonds is 14. The van der Waals surface area contributed by atoms with Crippen molar-refractivity contribution in [1.82, 2.24) is 14.9 Å². The lowest BCUT2D eigenvalue weighted by atomic mass is 9.60. The number of alkyl halides is 2. The van der Waals surface area contributed by atoms with Gasteiger partial charge in [0, 0.05) is 54.6 Å². The van der Waals surface area contributed by atoms with Crippen LogP contribution >= 0.6 is 0 Å². The van der Waals surface area contributed by atoms with Crippen molar-refractivity contribution in [3.05, 3.63) is 102 Å². The molecule has 2 fully saturated rings. The Labute approximate surface area is 308 Å². The van der Waals surface area contributed by atoms with Gasteiger partial charge in [0.25, 0.3) is 10.0 Å². The van der Waals surface area contributed by atoms with Gasteiger partial charge in [-0.05, 0) is 93.4 Å². The molecule has 1 atom stereocenters. The molecule has 9 nitrogen and oxygen atoms in total. The lowest BCUT2D eigenvalue weighted by molar-refractivity contribution is 0.00791. The molecule has 6 rings (SSSR count). The number of methoxy groups -OCH3 is 2. The van der Waals surface area contributed by atoms with Gasteiger partial charge in [-0.1, -0.05) is 24.3 Å². The van der Waals surface area contributed by atoms with Gasteiger partial charge in [0.1, 0.15) is 35.3 Å². The first-order valence-electron chi connectivity index (χ1n) is 17.6. The highest BCUT2D eigenvalue weighted by molar-refractivity contribution is 7.92. The summed E-state index contributed by atoms with van der Waals surface area (Å²) in [5.74, 6) is -1.10. The first-order chi connectivity index (χ1) is 25.4. The van der Waals surface area contributed by atoms with E-state index in [9.17, 15) is 17.2 Å². The van der Waals surface area contributed by atoms with Crippen LogP contribution in [0, 0.1) is 17.6 Å². The average Bonchev–Trinajstić information content (AvgIpc) is 3.12. The molecule has 0 unspecified atom stereocenters. The summed E-state index contributed by atoms with van der Waals surface area (Å²) < 4.78 is 98.0. The van der Waals surface area contributed by atoms with E-state index in [1.807, 2.05) is 37.2 Å². The summed E-state index contributed by atoms with van der Waals surface area (Å²) >= 11 is 0. The molecule has 1 aliphatic carbocycles. The van der Waals surface area contributed by atoms with E-state index in [0.717, 1.165) is 59.6 Å². The van der Waals surface area contributed by atoms with Gasteiger partial charge in [0.05, 0.1) is 20.8 Å². The van der Waals surface area contributed by atoms with Gasteiger partial charge in [0.2, 0.25) is 6.43 Å². The summed E-state index contributed by atoms with van der Waals surface area (Å²) in [7, 11) is 2.12. The summed E-state index contributed by atoms with van der Waals surface area (Å²) in [5, 5.41) is 0. The topological polar surface area (TPSA) is 88.1 Å². The van der Waals surface area contributed by atoms with Gasteiger partial charge in [-0.2, -0.15) is 0 Å². The van der Waals surface area contributed by atoms with E-state index in [0.29, 0.717) is 48.4 Å². The zero-order chi connectivity index (χ0) is 37.9. The minimum Gasteiger partial charge on any atom is -0.497 e. The Morgan fingerprint density at radius 2 is 1.75 bits per heavy atom. The Balaban J connectivity index is 1.25. The molecule has 0 bridgehead atoms. The molecule has 1 aliphatic heterocycles. The maximum atomic E-state index is 16.2. The SMILES string of the molecule is COc1ccc(CN(c2ccncn2)S(=O)(=O)c2c(F)cc(N3CCC[C@](C4CC(c5cccc(CCC(F)F)c5)C4)(N(C)C)C3)cc2F)c(OC)c1. The number of likely N-dealkylation sites (N-methyl/N-ethyl adjacent to an activating group) is 1. The molecule has 0 spiro atoms. The van der Waals surface area contributed by atoms with E-state index in [1.54, 1.807) is 18.2 Å². The van der Waals surface area contributed by atoms with Gasteiger partial charge >= 0.3 is 0 Å². The first-order valence-corrected chi connectivity index (χ1v) is 19.1. The van der Waals surface area contributed by atoms with Crippen molar-refractivity contribution < 1.29 is 35.5 Å². The Bertz CT molecular complexity index is 1980. The largest absolute Gasteiger partial charge is 0.497 e. The number of aryl methyl sites for hydroxylation is 1. The van der Waals surface area contributed by atoms with Crippen molar-refractivity contribution in [1.29, 1.82) is 0 Å². The van der Waals surface area contributed by atoms with Crippen LogP contribution in [0.1, 0.15) is 54.7 Å². The number of aromatic nitrogens is 2. The maximum Gasteiger partial charge on any atom is 0.271 e. The predicted octanol–water partition coefficient (Wildman–Crippen LogP) is 7.46. The first kappa shape index (κ1) is 38.3. The summed E-state index contributed by atoms with van der Waals surface area (Å²) in [6.07, 6.45) is 3.81. The number of hydrogen-bond acceptors (Lipinski definition) is 8. The van der Waals surface area contributed by atoms with Crippen molar-refractivity contribution in [3.63, 3.8) is 0 Å². The smallest absolute Gasteiger partial charge is 0.271 e. The van der Waals surface area contributed by atoms with Crippen LogP contribution in [0.4, 0.5) is 29.1 Å². The minimum absolute atomic E-state index is 0.0776. The predicted molar refractivity (Wildman–Crippen MR) is 195 cm³/mol. The van der Waals surface area contributed by atoms with Crippen LogP contribution in [0.2, 0.25) is 0 Å². The van der Waals surface area contributed by atoms with E-state index < -0.39 is 33.0 Å². The lowest BCUT2D eigenvalue weighted by Crippen LogP contribution is -2.62. The fourth-order valence-corrected chi connectivity index (χ4v) is 9.39. The molecular weight excluding hydrogens is 711 g/mol.